The number of benzene rings is 1. The number of carbonyl (C=O) groups is 1. The first kappa shape index (κ1) is 19.4. The van der Waals surface area contributed by atoms with Gasteiger partial charge in [-0.1, -0.05) is 22.9 Å². The smallest absolute Gasteiger partial charge is 0.275 e. The molecule has 0 saturated heterocycles. The number of hydrogen-bond acceptors (Lipinski definition) is 6. The molecule has 4 rings (SSSR count). The Morgan fingerprint density at radius 3 is 2.79 bits per heavy atom. The monoisotopic (exact) mass is 461 g/mol. The first-order valence-electron chi connectivity index (χ1n) is 9.09. The number of fused-ring (bicyclic) bond motifs is 1. The Kier molecular flexibility index (Phi) is 5.27. The minimum Gasteiger partial charge on any atom is -0.473 e. The lowest BCUT2D eigenvalue weighted by Crippen LogP contribution is -2.30. The number of nitrogens with one attached hydrogen (secondary N) is 1. The summed E-state index contributed by atoms with van der Waals surface area (Å²) < 4.78 is 20.8. The number of ether oxygens (including phenoxy) is 1. The van der Waals surface area contributed by atoms with E-state index in [1.807, 2.05) is 0 Å². The molecule has 2 heterocycles. The summed E-state index contributed by atoms with van der Waals surface area (Å²) in [6.45, 7) is 1.74. The molecule has 0 aliphatic heterocycles. The van der Waals surface area contributed by atoms with Crippen LogP contribution in [0.1, 0.15) is 19.8 Å². The van der Waals surface area contributed by atoms with Crippen LogP contribution in [0.2, 0.25) is 0 Å². The van der Waals surface area contributed by atoms with Crippen molar-refractivity contribution in [1.82, 2.24) is 19.7 Å². The van der Waals surface area contributed by atoms with Gasteiger partial charge in [0, 0.05) is 4.47 Å². The van der Waals surface area contributed by atoms with Gasteiger partial charge in [0.2, 0.25) is 17.7 Å². The topological polar surface area (TPSA) is 99.0 Å². The van der Waals surface area contributed by atoms with Gasteiger partial charge in [-0.25, -0.2) is 19.0 Å². The van der Waals surface area contributed by atoms with Gasteiger partial charge in [0.15, 0.2) is 5.82 Å². The first-order valence-corrected chi connectivity index (χ1v) is 9.88. The van der Waals surface area contributed by atoms with Crippen LogP contribution < -0.4 is 15.6 Å². The highest BCUT2D eigenvalue weighted by Crippen LogP contribution is 2.38. The number of hydrogen-bond donors (Lipinski definition) is 1. The van der Waals surface area contributed by atoms with Crippen LogP contribution >= 0.6 is 15.9 Å². The number of aromatic nitrogens is 4. The van der Waals surface area contributed by atoms with Crippen LogP contribution in [0.4, 0.5) is 10.3 Å². The fourth-order valence-corrected chi connectivity index (χ4v) is 3.40. The van der Waals surface area contributed by atoms with E-state index in [4.69, 9.17) is 4.74 Å². The van der Waals surface area contributed by atoms with E-state index < -0.39 is 17.3 Å². The average Bonchev–Trinajstić information content (AvgIpc) is 3.45. The summed E-state index contributed by atoms with van der Waals surface area (Å²) in [5.74, 6) is -0.458. The summed E-state index contributed by atoms with van der Waals surface area (Å²) in [5, 5.41) is 7.69. The van der Waals surface area contributed by atoms with Crippen LogP contribution in [-0.4, -0.2) is 31.8 Å². The van der Waals surface area contributed by atoms with Gasteiger partial charge >= 0.3 is 0 Å². The summed E-state index contributed by atoms with van der Waals surface area (Å²) in [6.07, 6.45) is 3.88. The lowest BCUT2D eigenvalue weighted by molar-refractivity contribution is -0.117. The van der Waals surface area contributed by atoms with Gasteiger partial charge in [0.05, 0.1) is 23.2 Å². The third kappa shape index (κ3) is 4.26. The maximum atomic E-state index is 12.9. The molecular formula is C19H17BrFN5O3. The van der Waals surface area contributed by atoms with Crippen molar-refractivity contribution < 1.29 is 13.9 Å². The molecule has 1 saturated carbocycles. The van der Waals surface area contributed by atoms with E-state index in [1.54, 1.807) is 18.2 Å². The van der Waals surface area contributed by atoms with Gasteiger partial charge in [-0.05, 0) is 37.0 Å². The first-order chi connectivity index (χ1) is 13.9. The zero-order valence-corrected chi connectivity index (χ0v) is 17.0. The maximum Gasteiger partial charge on any atom is 0.275 e. The standard InChI is InChI=1S/C19H17BrFN5O3/c1-2-10-5-15(10)29-17-14-6-11(20)3-4-13(14)18(28)26(25-17)9-16(27)24-19-22-7-12(21)8-23-19/h3-4,6-8,10,15H,2,5,9H2,1H3,(H,22,23,24,27)/t10-,15+/m1/s1. The summed E-state index contributed by atoms with van der Waals surface area (Å²) in [4.78, 5) is 32.5. The Morgan fingerprint density at radius 1 is 1.34 bits per heavy atom. The molecule has 1 fully saturated rings. The second kappa shape index (κ2) is 7.86. The highest BCUT2D eigenvalue weighted by Gasteiger charge is 2.38. The van der Waals surface area contributed by atoms with Gasteiger partial charge in [0.1, 0.15) is 12.6 Å². The molecule has 0 spiro atoms. The molecule has 1 aliphatic rings. The van der Waals surface area contributed by atoms with E-state index in [-0.39, 0.29) is 18.6 Å². The molecule has 8 nitrogen and oxygen atoms in total. The van der Waals surface area contributed by atoms with Crippen LogP contribution in [-0.2, 0) is 11.3 Å². The lowest BCUT2D eigenvalue weighted by Gasteiger charge is -2.12. The number of amides is 1. The van der Waals surface area contributed by atoms with Gasteiger partial charge in [0.25, 0.3) is 5.56 Å². The zero-order valence-electron chi connectivity index (χ0n) is 15.4. The van der Waals surface area contributed by atoms with Crippen LogP contribution in [0.25, 0.3) is 10.8 Å². The molecule has 0 bridgehead atoms. The molecule has 150 valence electrons. The molecule has 3 aromatic rings. The highest BCUT2D eigenvalue weighted by atomic mass is 79.9. The van der Waals surface area contributed by atoms with E-state index in [0.717, 1.165) is 34.4 Å². The van der Waals surface area contributed by atoms with E-state index in [0.29, 0.717) is 22.6 Å². The minimum absolute atomic E-state index is 0.0575. The maximum absolute atomic E-state index is 12.9. The summed E-state index contributed by atoms with van der Waals surface area (Å²) in [6, 6.07) is 5.19. The molecule has 29 heavy (non-hydrogen) atoms. The van der Waals surface area contributed by atoms with Crippen LogP contribution in [0.15, 0.2) is 39.9 Å². The number of halogens is 2. The largest absolute Gasteiger partial charge is 0.473 e. The molecule has 0 unspecified atom stereocenters. The van der Waals surface area contributed by atoms with Crippen molar-refractivity contribution in [1.29, 1.82) is 0 Å². The lowest BCUT2D eigenvalue weighted by atomic mass is 10.2. The van der Waals surface area contributed by atoms with Gasteiger partial charge in [-0.2, -0.15) is 0 Å². The Hall–Kier alpha value is -2.88. The molecule has 2 aromatic heterocycles. The van der Waals surface area contributed by atoms with E-state index in [2.05, 4.69) is 43.2 Å². The Labute approximate surface area is 173 Å². The van der Waals surface area contributed by atoms with E-state index in [9.17, 15) is 14.0 Å². The Morgan fingerprint density at radius 2 is 2.10 bits per heavy atom. The predicted octanol–water partition coefficient (Wildman–Crippen LogP) is 2.90. The van der Waals surface area contributed by atoms with Crippen LogP contribution in [0.5, 0.6) is 5.88 Å². The molecule has 1 N–H and O–H groups in total. The van der Waals surface area contributed by atoms with Crippen molar-refractivity contribution in [3.05, 3.63) is 51.2 Å². The molecule has 1 amide bonds. The number of anilines is 1. The van der Waals surface area contributed by atoms with Crippen LogP contribution in [0.3, 0.4) is 0 Å². The van der Waals surface area contributed by atoms with Crippen molar-refractivity contribution in [3.63, 3.8) is 0 Å². The fraction of sp³-hybridized carbons (Fsp3) is 0.316. The second-order valence-electron chi connectivity index (χ2n) is 6.79. The van der Waals surface area contributed by atoms with Gasteiger partial charge < -0.3 is 4.74 Å². The molecule has 1 aromatic carbocycles. The van der Waals surface area contributed by atoms with Crippen LogP contribution in [0, 0.1) is 11.7 Å². The normalized spacial score (nSPS) is 17.9. The van der Waals surface area contributed by atoms with Gasteiger partial charge in [-0.15, -0.1) is 5.10 Å². The quantitative estimate of drug-likeness (QED) is 0.605. The molecular weight excluding hydrogens is 445 g/mol. The van der Waals surface area contributed by atoms with E-state index >= 15 is 0 Å². The summed E-state index contributed by atoms with van der Waals surface area (Å²) in [7, 11) is 0. The average molecular weight is 462 g/mol. The fourth-order valence-electron chi connectivity index (χ4n) is 3.04. The third-order valence-corrected chi connectivity index (χ3v) is 5.19. The predicted molar refractivity (Wildman–Crippen MR) is 107 cm³/mol. The minimum atomic E-state index is -0.617. The highest BCUT2D eigenvalue weighted by molar-refractivity contribution is 9.10. The molecule has 0 radical (unpaired) electrons. The van der Waals surface area contributed by atoms with E-state index in [1.165, 1.54) is 0 Å². The summed E-state index contributed by atoms with van der Waals surface area (Å²) in [5.41, 5.74) is -0.419. The van der Waals surface area contributed by atoms with Gasteiger partial charge in [-0.3, -0.25) is 14.9 Å². The molecule has 2 atom stereocenters. The zero-order chi connectivity index (χ0) is 20.5. The SMILES string of the molecule is CC[C@@H]1C[C@@H]1Oc1nn(CC(=O)Nc2ncc(F)cn2)c(=O)c2ccc(Br)cc12. The number of rotatable bonds is 6. The van der Waals surface area contributed by atoms with Crippen molar-refractivity contribution in [2.75, 3.05) is 5.32 Å². The van der Waals surface area contributed by atoms with Crippen molar-refractivity contribution >= 4 is 38.6 Å². The number of carbonyl (C=O) groups excluding carboxylic acids is 1. The van der Waals surface area contributed by atoms with Crippen molar-refractivity contribution in [2.24, 2.45) is 5.92 Å². The Balaban J connectivity index is 1.63. The van der Waals surface area contributed by atoms with Crippen molar-refractivity contribution in [3.8, 4) is 5.88 Å². The second-order valence-corrected chi connectivity index (χ2v) is 7.71. The van der Waals surface area contributed by atoms with Crippen molar-refractivity contribution in [2.45, 2.75) is 32.4 Å². The molecule has 10 heteroatoms. The molecule has 1 aliphatic carbocycles. The summed E-state index contributed by atoms with van der Waals surface area (Å²) >= 11 is 3.40. The third-order valence-electron chi connectivity index (χ3n) is 4.70. The number of nitrogens with zero attached hydrogens (tertiary/aromatic N) is 4. The Bertz CT molecular complexity index is 1140.